The molecule has 0 aliphatic heterocycles. The van der Waals surface area contributed by atoms with Crippen LogP contribution >= 0.6 is 15.9 Å². The molecule has 0 unspecified atom stereocenters. The molecule has 2 N–H and O–H groups in total. The second-order valence-corrected chi connectivity index (χ2v) is 4.43. The van der Waals surface area contributed by atoms with Gasteiger partial charge in [0.2, 0.25) is 5.88 Å². The van der Waals surface area contributed by atoms with Gasteiger partial charge < -0.3 is 5.11 Å². The van der Waals surface area contributed by atoms with Gasteiger partial charge in [0.25, 0.3) is 5.56 Å². The maximum absolute atomic E-state index is 11.1. The van der Waals surface area contributed by atoms with Crippen molar-refractivity contribution in [2.75, 3.05) is 0 Å². The predicted molar refractivity (Wildman–Crippen MR) is 64.3 cm³/mol. The highest BCUT2D eigenvalue weighted by molar-refractivity contribution is 9.10. The third kappa shape index (κ3) is 3.70. The minimum atomic E-state index is -0.249. The molecule has 0 atom stereocenters. The second-order valence-electron chi connectivity index (χ2n) is 3.63. The summed E-state index contributed by atoms with van der Waals surface area (Å²) in [5, 5.41) is 9.38. The van der Waals surface area contributed by atoms with Gasteiger partial charge in [-0.1, -0.05) is 26.2 Å². The number of hydrogen-bond acceptors (Lipinski definition) is 2. The summed E-state index contributed by atoms with van der Waals surface area (Å²) in [6.07, 6.45) is 5.46. The van der Waals surface area contributed by atoms with E-state index < -0.39 is 0 Å². The molecule has 0 amide bonds. The summed E-state index contributed by atoms with van der Waals surface area (Å²) >= 11 is 3.26. The zero-order chi connectivity index (χ0) is 11.3. The molecule has 4 heteroatoms. The fraction of sp³-hybridized carbons (Fsp3) is 0.545. The molecule has 3 nitrogen and oxygen atoms in total. The molecule has 0 radical (unpaired) electrons. The summed E-state index contributed by atoms with van der Waals surface area (Å²) in [5.41, 5.74) is 0.633. The Labute approximate surface area is 97.7 Å². The van der Waals surface area contributed by atoms with Gasteiger partial charge in [-0.15, -0.1) is 0 Å². The molecule has 0 aromatic carbocycles. The van der Waals surface area contributed by atoms with Crippen LogP contribution in [-0.2, 0) is 6.42 Å². The van der Waals surface area contributed by atoms with Crippen LogP contribution in [0.4, 0.5) is 0 Å². The number of pyridine rings is 1. The Kier molecular flexibility index (Phi) is 4.88. The lowest BCUT2D eigenvalue weighted by atomic mass is 10.1. The third-order valence-corrected chi connectivity index (χ3v) is 3.22. The molecule has 1 heterocycles. The van der Waals surface area contributed by atoms with Crippen LogP contribution in [0.25, 0.3) is 0 Å². The van der Waals surface area contributed by atoms with Crippen LogP contribution in [0, 0.1) is 0 Å². The number of aromatic nitrogens is 1. The number of rotatable bonds is 5. The standard InChI is InChI=1S/C11H16BrNO2/c1-2-3-4-5-6-8-7-9(14)13-11(15)10(8)12/h7H,2-6H2,1H3,(H2,13,14,15). The minimum absolute atomic E-state index is 0.0759. The number of aromatic amines is 1. The second kappa shape index (κ2) is 5.95. The molecule has 0 saturated heterocycles. The number of hydrogen-bond donors (Lipinski definition) is 2. The van der Waals surface area contributed by atoms with E-state index >= 15 is 0 Å². The van der Waals surface area contributed by atoms with E-state index in [0.29, 0.717) is 4.47 Å². The van der Waals surface area contributed by atoms with Crippen molar-refractivity contribution in [1.29, 1.82) is 0 Å². The van der Waals surface area contributed by atoms with E-state index in [4.69, 9.17) is 0 Å². The van der Waals surface area contributed by atoms with Crippen molar-refractivity contribution in [3.8, 4) is 5.88 Å². The SMILES string of the molecule is CCCCCCc1cc(=O)[nH]c(O)c1Br. The zero-order valence-electron chi connectivity index (χ0n) is 8.85. The van der Waals surface area contributed by atoms with Crippen molar-refractivity contribution >= 4 is 15.9 Å². The van der Waals surface area contributed by atoms with Gasteiger partial charge in [0.05, 0.1) is 4.47 Å². The minimum Gasteiger partial charge on any atom is -0.494 e. The van der Waals surface area contributed by atoms with Gasteiger partial charge in [-0.25, -0.2) is 0 Å². The Morgan fingerprint density at radius 2 is 2.13 bits per heavy atom. The van der Waals surface area contributed by atoms with E-state index in [0.717, 1.165) is 24.8 Å². The van der Waals surface area contributed by atoms with Crippen LogP contribution in [0.2, 0.25) is 0 Å². The maximum atomic E-state index is 11.1. The topological polar surface area (TPSA) is 53.1 Å². The molecular formula is C11H16BrNO2. The first kappa shape index (κ1) is 12.3. The van der Waals surface area contributed by atoms with Gasteiger partial charge in [-0.2, -0.15) is 0 Å². The van der Waals surface area contributed by atoms with E-state index in [2.05, 4.69) is 27.8 Å². The van der Waals surface area contributed by atoms with Crippen molar-refractivity contribution < 1.29 is 5.11 Å². The van der Waals surface area contributed by atoms with E-state index in [9.17, 15) is 9.90 Å². The van der Waals surface area contributed by atoms with Crippen molar-refractivity contribution in [1.82, 2.24) is 4.98 Å². The van der Waals surface area contributed by atoms with Crippen LogP contribution in [-0.4, -0.2) is 10.1 Å². The molecule has 1 rings (SSSR count). The van der Waals surface area contributed by atoms with E-state index in [1.54, 1.807) is 0 Å². The fourth-order valence-electron chi connectivity index (χ4n) is 1.51. The lowest BCUT2D eigenvalue weighted by molar-refractivity contribution is 0.446. The largest absolute Gasteiger partial charge is 0.494 e. The van der Waals surface area contributed by atoms with Gasteiger partial charge in [-0.3, -0.25) is 9.78 Å². The summed E-state index contributed by atoms with van der Waals surface area (Å²) in [5.74, 6) is -0.0759. The van der Waals surface area contributed by atoms with Crippen molar-refractivity contribution in [3.05, 3.63) is 26.5 Å². The highest BCUT2D eigenvalue weighted by Gasteiger charge is 2.06. The Balaban J connectivity index is 2.64. The van der Waals surface area contributed by atoms with Crippen LogP contribution in [0.3, 0.4) is 0 Å². The van der Waals surface area contributed by atoms with Crippen molar-refractivity contribution in [2.24, 2.45) is 0 Å². The molecule has 0 saturated carbocycles. The van der Waals surface area contributed by atoms with Crippen LogP contribution in [0.5, 0.6) is 5.88 Å². The summed E-state index contributed by atoms with van der Waals surface area (Å²) in [6.45, 7) is 2.16. The fourth-order valence-corrected chi connectivity index (χ4v) is 1.92. The first-order valence-electron chi connectivity index (χ1n) is 5.25. The average molecular weight is 274 g/mol. The molecule has 0 bridgehead atoms. The summed E-state index contributed by atoms with van der Waals surface area (Å²) < 4.78 is 0.610. The first-order chi connectivity index (χ1) is 7.15. The average Bonchev–Trinajstić information content (AvgIpc) is 2.19. The number of nitrogens with one attached hydrogen (secondary N) is 1. The molecule has 1 aromatic heterocycles. The number of halogens is 1. The maximum Gasteiger partial charge on any atom is 0.251 e. The van der Waals surface area contributed by atoms with E-state index in [1.165, 1.54) is 18.9 Å². The highest BCUT2D eigenvalue weighted by Crippen LogP contribution is 2.24. The van der Waals surface area contributed by atoms with Crippen LogP contribution in [0.15, 0.2) is 15.3 Å². The lowest BCUT2D eigenvalue weighted by Gasteiger charge is -2.04. The normalized spacial score (nSPS) is 10.5. The van der Waals surface area contributed by atoms with Crippen LogP contribution < -0.4 is 5.56 Å². The highest BCUT2D eigenvalue weighted by atomic mass is 79.9. The molecule has 84 valence electrons. The Morgan fingerprint density at radius 3 is 2.80 bits per heavy atom. The van der Waals surface area contributed by atoms with E-state index in [-0.39, 0.29) is 11.4 Å². The van der Waals surface area contributed by atoms with Gasteiger partial charge in [0, 0.05) is 6.07 Å². The summed E-state index contributed by atoms with van der Waals surface area (Å²) in [7, 11) is 0. The summed E-state index contributed by atoms with van der Waals surface area (Å²) in [6, 6.07) is 1.54. The van der Waals surface area contributed by atoms with Crippen molar-refractivity contribution in [2.45, 2.75) is 39.0 Å². The first-order valence-corrected chi connectivity index (χ1v) is 6.05. The number of H-pyrrole nitrogens is 1. The third-order valence-electron chi connectivity index (χ3n) is 2.34. The lowest BCUT2D eigenvalue weighted by Crippen LogP contribution is -2.06. The monoisotopic (exact) mass is 273 g/mol. The summed E-state index contributed by atoms with van der Waals surface area (Å²) in [4.78, 5) is 13.4. The van der Waals surface area contributed by atoms with Crippen LogP contribution in [0.1, 0.15) is 38.2 Å². The quantitative estimate of drug-likeness (QED) is 0.811. The molecule has 15 heavy (non-hydrogen) atoms. The van der Waals surface area contributed by atoms with Gasteiger partial charge in [-0.05, 0) is 34.3 Å². The number of aromatic hydroxyl groups is 1. The molecule has 0 aliphatic rings. The van der Waals surface area contributed by atoms with Crippen molar-refractivity contribution in [3.63, 3.8) is 0 Å². The molecular weight excluding hydrogens is 258 g/mol. The number of unbranched alkanes of at least 4 members (excludes halogenated alkanes) is 3. The van der Waals surface area contributed by atoms with Gasteiger partial charge in [0.1, 0.15) is 0 Å². The predicted octanol–water partition coefficient (Wildman–Crippen LogP) is 2.97. The smallest absolute Gasteiger partial charge is 0.251 e. The zero-order valence-corrected chi connectivity index (χ0v) is 10.4. The Bertz CT molecular complexity index is 373. The Morgan fingerprint density at radius 1 is 1.40 bits per heavy atom. The molecule has 0 fully saturated rings. The number of aryl methyl sites for hydroxylation is 1. The molecule has 0 aliphatic carbocycles. The Hall–Kier alpha value is -0.770. The molecule has 0 spiro atoms. The van der Waals surface area contributed by atoms with Gasteiger partial charge >= 0.3 is 0 Å². The van der Waals surface area contributed by atoms with E-state index in [1.807, 2.05) is 0 Å². The van der Waals surface area contributed by atoms with Gasteiger partial charge in [0.15, 0.2) is 0 Å². The molecule has 1 aromatic rings.